The molecule has 0 aromatic heterocycles. The van der Waals surface area contributed by atoms with Crippen LogP contribution in [0.2, 0.25) is 0 Å². The Balaban J connectivity index is 1.57. The lowest BCUT2D eigenvalue weighted by atomic mass is 10.1. The predicted octanol–water partition coefficient (Wildman–Crippen LogP) is 3.84. The zero-order valence-electron chi connectivity index (χ0n) is 14.0. The number of anilines is 1. The van der Waals surface area contributed by atoms with Crippen molar-refractivity contribution in [2.75, 3.05) is 18.5 Å². The van der Waals surface area contributed by atoms with Crippen molar-refractivity contribution in [2.24, 2.45) is 5.92 Å². The highest BCUT2D eigenvalue weighted by molar-refractivity contribution is 6.04. The van der Waals surface area contributed by atoms with E-state index in [1.54, 1.807) is 12.1 Å². The normalized spacial score (nSPS) is 13.5. The van der Waals surface area contributed by atoms with Gasteiger partial charge in [-0.05, 0) is 67.3 Å². The molecule has 1 saturated carbocycles. The van der Waals surface area contributed by atoms with Gasteiger partial charge in [-0.1, -0.05) is 19.1 Å². The Bertz CT molecular complexity index is 678. The molecule has 0 bridgehead atoms. The van der Waals surface area contributed by atoms with Gasteiger partial charge in [0.25, 0.3) is 5.91 Å². The van der Waals surface area contributed by atoms with Crippen LogP contribution in [0.1, 0.15) is 35.7 Å². The molecule has 0 heterocycles. The van der Waals surface area contributed by atoms with Gasteiger partial charge in [-0.15, -0.1) is 0 Å². The van der Waals surface area contributed by atoms with Crippen LogP contribution in [0.3, 0.4) is 0 Å². The van der Waals surface area contributed by atoms with Crippen molar-refractivity contribution in [1.29, 1.82) is 0 Å². The van der Waals surface area contributed by atoms with Gasteiger partial charge in [-0.2, -0.15) is 0 Å². The SMILES string of the molecule is CCNCc1cccc(NC(=O)c2ccc(OCC3CC3)cc2)c1. The summed E-state index contributed by atoms with van der Waals surface area (Å²) in [5, 5.41) is 6.23. The molecule has 2 aromatic carbocycles. The van der Waals surface area contributed by atoms with Crippen molar-refractivity contribution in [3.8, 4) is 5.75 Å². The Morgan fingerprint density at radius 1 is 1.17 bits per heavy atom. The van der Waals surface area contributed by atoms with Crippen molar-refractivity contribution in [1.82, 2.24) is 5.32 Å². The number of hydrogen-bond acceptors (Lipinski definition) is 3. The maximum atomic E-state index is 12.4. The number of ether oxygens (including phenoxy) is 1. The molecular formula is C20H24N2O2. The summed E-state index contributed by atoms with van der Waals surface area (Å²) in [6.07, 6.45) is 2.54. The molecule has 1 amide bonds. The average Bonchev–Trinajstić information content (AvgIpc) is 3.43. The highest BCUT2D eigenvalue weighted by Gasteiger charge is 2.21. The summed E-state index contributed by atoms with van der Waals surface area (Å²) >= 11 is 0. The monoisotopic (exact) mass is 324 g/mol. The first-order valence-corrected chi connectivity index (χ1v) is 8.58. The Morgan fingerprint density at radius 3 is 2.67 bits per heavy atom. The lowest BCUT2D eigenvalue weighted by Gasteiger charge is -2.09. The molecule has 4 nitrogen and oxygen atoms in total. The molecule has 0 unspecified atom stereocenters. The molecule has 24 heavy (non-hydrogen) atoms. The fourth-order valence-corrected chi connectivity index (χ4v) is 2.43. The number of hydrogen-bond donors (Lipinski definition) is 2. The summed E-state index contributed by atoms with van der Waals surface area (Å²) in [6, 6.07) is 15.2. The minimum Gasteiger partial charge on any atom is -0.493 e. The van der Waals surface area contributed by atoms with E-state index in [1.807, 2.05) is 36.4 Å². The molecule has 4 heteroatoms. The third-order valence-corrected chi connectivity index (χ3v) is 4.06. The van der Waals surface area contributed by atoms with Crippen LogP contribution in [-0.4, -0.2) is 19.1 Å². The molecule has 126 valence electrons. The lowest BCUT2D eigenvalue weighted by Crippen LogP contribution is -2.14. The second kappa shape index (κ2) is 7.97. The fraction of sp³-hybridized carbons (Fsp3) is 0.350. The van der Waals surface area contributed by atoms with E-state index in [0.717, 1.165) is 42.6 Å². The van der Waals surface area contributed by atoms with Gasteiger partial charge in [0, 0.05) is 17.8 Å². The Morgan fingerprint density at radius 2 is 1.96 bits per heavy atom. The second-order valence-electron chi connectivity index (χ2n) is 6.21. The second-order valence-corrected chi connectivity index (χ2v) is 6.21. The van der Waals surface area contributed by atoms with E-state index in [9.17, 15) is 4.79 Å². The number of carbonyl (C=O) groups excluding carboxylic acids is 1. The first-order valence-electron chi connectivity index (χ1n) is 8.58. The maximum Gasteiger partial charge on any atom is 0.255 e. The molecule has 0 saturated heterocycles. The number of amides is 1. The fourth-order valence-electron chi connectivity index (χ4n) is 2.43. The zero-order valence-corrected chi connectivity index (χ0v) is 14.0. The molecule has 2 N–H and O–H groups in total. The van der Waals surface area contributed by atoms with Crippen molar-refractivity contribution in [3.05, 3.63) is 59.7 Å². The van der Waals surface area contributed by atoms with Gasteiger partial charge < -0.3 is 15.4 Å². The molecule has 0 atom stereocenters. The van der Waals surface area contributed by atoms with Gasteiger partial charge in [0.2, 0.25) is 0 Å². The quantitative estimate of drug-likeness (QED) is 0.776. The van der Waals surface area contributed by atoms with E-state index >= 15 is 0 Å². The van der Waals surface area contributed by atoms with Gasteiger partial charge in [-0.25, -0.2) is 0 Å². The zero-order chi connectivity index (χ0) is 16.8. The van der Waals surface area contributed by atoms with Gasteiger partial charge in [0.05, 0.1) is 6.61 Å². The summed E-state index contributed by atoms with van der Waals surface area (Å²) in [7, 11) is 0. The van der Waals surface area contributed by atoms with Crippen LogP contribution in [0, 0.1) is 5.92 Å². The Labute approximate surface area is 143 Å². The third-order valence-electron chi connectivity index (χ3n) is 4.06. The number of nitrogens with one attached hydrogen (secondary N) is 2. The summed E-state index contributed by atoms with van der Waals surface area (Å²) in [6.45, 7) is 4.58. The maximum absolute atomic E-state index is 12.4. The van der Waals surface area contributed by atoms with Crippen LogP contribution in [0.15, 0.2) is 48.5 Å². The lowest BCUT2D eigenvalue weighted by molar-refractivity contribution is 0.102. The van der Waals surface area contributed by atoms with Crippen LogP contribution in [-0.2, 0) is 6.54 Å². The van der Waals surface area contributed by atoms with Crippen LogP contribution >= 0.6 is 0 Å². The Kier molecular flexibility index (Phi) is 5.49. The van der Waals surface area contributed by atoms with E-state index in [4.69, 9.17) is 4.74 Å². The van der Waals surface area contributed by atoms with E-state index in [0.29, 0.717) is 5.56 Å². The highest BCUT2D eigenvalue weighted by atomic mass is 16.5. The van der Waals surface area contributed by atoms with Crippen LogP contribution in [0.25, 0.3) is 0 Å². The van der Waals surface area contributed by atoms with Crippen molar-refractivity contribution in [2.45, 2.75) is 26.3 Å². The van der Waals surface area contributed by atoms with Crippen LogP contribution in [0.5, 0.6) is 5.75 Å². The molecule has 1 fully saturated rings. The highest BCUT2D eigenvalue weighted by Crippen LogP contribution is 2.29. The summed E-state index contributed by atoms with van der Waals surface area (Å²) in [4.78, 5) is 12.4. The number of benzene rings is 2. The number of carbonyl (C=O) groups is 1. The molecular weight excluding hydrogens is 300 g/mol. The molecule has 0 radical (unpaired) electrons. The summed E-state index contributed by atoms with van der Waals surface area (Å²) in [5.74, 6) is 1.44. The van der Waals surface area contributed by atoms with Crippen molar-refractivity contribution >= 4 is 11.6 Å². The largest absolute Gasteiger partial charge is 0.493 e. The minimum absolute atomic E-state index is 0.107. The van der Waals surface area contributed by atoms with Gasteiger partial charge >= 0.3 is 0 Å². The molecule has 0 spiro atoms. The van der Waals surface area contributed by atoms with Crippen LogP contribution < -0.4 is 15.4 Å². The van der Waals surface area contributed by atoms with E-state index in [2.05, 4.69) is 17.6 Å². The number of rotatable bonds is 8. The molecule has 3 rings (SSSR count). The van der Waals surface area contributed by atoms with Crippen LogP contribution in [0.4, 0.5) is 5.69 Å². The average molecular weight is 324 g/mol. The molecule has 0 aliphatic heterocycles. The van der Waals surface area contributed by atoms with Gasteiger partial charge in [0.15, 0.2) is 0 Å². The smallest absolute Gasteiger partial charge is 0.255 e. The molecule has 1 aliphatic carbocycles. The molecule has 1 aliphatic rings. The van der Waals surface area contributed by atoms with Gasteiger partial charge in [0.1, 0.15) is 5.75 Å². The Hall–Kier alpha value is -2.33. The van der Waals surface area contributed by atoms with E-state index < -0.39 is 0 Å². The van der Waals surface area contributed by atoms with Crippen molar-refractivity contribution in [3.63, 3.8) is 0 Å². The molecule has 2 aromatic rings. The third kappa shape index (κ3) is 4.83. The van der Waals surface area contributed by atoms with E-state index in [1.165, 1.54) is 12.8 Å². The van der Waals surface area contributed by atoms with Gasteiger partial charge in [-0.3, -0.25) is 4.79 Å². The topological polar surface area (TPSA) is 50.4 Å². The van der Waals surface area contributed by atoms with E-state index in [-0.39, 0.29) is 5.91 Å². The predicted molar refractivity (Wildman–Crippen MR) is 96.4 cm³/mol. The first-order chi connectivity index (χ1) is 11.7. The first kappa shape index (κ1) is 16.5. The van der Waals surface area contributed by atoms with Crippen molar-refractivity contribution < 1.29 is 9.53 Å². The standard InChI is InChI=1S/C20H24N2O2/c1-2-21-13-16-4-3-5-18(12-16)22-20(23)17-8-10-19(11-9-17)24-14-15-6-7-15/h3-5,8-12,15,21H,2,6-7,13-14H2,1H3,(H,22,23). The summed E-state index contributed by atoms with van der Waals surface area (Å²) < 4.78 is 5.70. The minimum atomic E-state index is -0.107. The summed E-state index contributed by atoms with van der Waals surface area (Å²) in [5.41, 5.74) is 2.59.